The number of benzene rings is 4. The van der Waals surface area contributed by atoms with Crippen molar-refractivity contribution in [2.24, 2.45) is 0 Å². The molecule has 0 aliphatic carbocycles. The number of rotatable bonds is 6. The average molecular weight is 529 g/mol. The van der Waals surface area contributed by atoms with Crippen LogP contribution < -0.4 is 5.32 Å². The van der Waals surface area contributed by atoms with Crippen molar-refractivity contribution in [3.63, 3.8) is 0 Å². The number of carbonyl (C=O) groups excluding carboxylic acids is 2. The van der Waals surface area contributed by atoms with Gasteiger partial charge in [-0.3, -0.25) is 9.59 Å². The summed E-state index contributed by atoms with van der Waals surface area (Å²) in [6.45, 7) is 0. The molecule has 0 fully saturated rings. The number of para-hydroxylation sites is 2. The molecule has 0 aliphatic heterocycles. The molecule has 6 aromatic rings. The van der Waals surface area contributed by atoms with Gasteiger partial charge in [0.15, 0.2) is 11.5 Å². The monoisotopic (exact) mass is 528 g/mol. The third-order valence-corrected chi connectivity index (χ3v) is 6.74. The summed E-state index contributed by atoms with van der Waals surface area (Å²) in [6, 6.07) is 36.2. The molecule has 6 heteroatoms. The Balaban J connectivity index is 1.38. The molecule has 0 aliphatic rings. The van der Waals surface area contributed by atoms with Crippen LogP contribution in [0.2, 0.25) is 5.02 Å². The molecule has 5 nitrogen and oxygen atoms in total. The molecule has 2 heterocycles. The lowest BCUT2D eigenvalue weighted by Gasteiger charge is -2.13. The van der Waals surface area contributed by atoms with E-state index in [0.717, 1.165) is 5.56 Å². The fourth-order valence-corrected chi connectivity index (χ4v) is 4.72. The minimum Gasteiger partial charge on any atom is -0.454 e. The number of hydrogen-bond donors (Lipinski definition) is 1. The Morgan fingerprint density at radius 3 is 2.23 bits per heavy atom. The predicted octanol–water partition coefficient (Wildman–Crippen LogP) is 8.30. The zero-order chi connectivity index (χ0) is 26.8. The van der Waals surface area contributed by atoms with E-state index in [0.29, 0.717) is 55.5 Å². The highest BCUT2D eigenvalue weighted by Gasteiger charge is 2.19. The first-order chi connectivity index (χ1) is 19.1. The molecule has 39 heavy (non-hydrogen) atoms. The first kappa shape index (κ1) is 24.3. The van der Waals surface area contributed by atoms with Crippen LogP contribution in [0.15, 0.2) is 126 Å². The summed E-state index contributed by atoms with van der Waals surface area (Å²) in [5, 5.41) is 4.21. The fraction of sp³-hybridized carbons (Fsp3) is 0. The molecule has 188 valence electrons. The van der Waals surface area contributed by atoms with Gasteiger partial charge in [0.2, 0.25) is 0 Å². The van der Waals surface area contributed by atoms with Gasteiger partial charge in [0.25, 0.3) is 5.91 Å². The van der Waals surface area contributed by atoms with Gasteiger partial charge >= 0.3 is 0 Å². The van der Waals surface area contributed by atoms with Crippen LogP contribution in [0.4, 0.5) is 5.69 Å². The number of furan rings is 1. The molecule has 0 radical (unpaired) electrons. The molecule has 1 amide bonds. The third kappa shape index (κ3) is 4.83. The van der Waals surface area contributed by atoms with Gasteiger partial charge in [-0.25, -0.2) is 4.98 Å². The highest BCUT2D eigenvalue weighted by Crippen LogP contribution is 2.33. The van der Waals surface area contributed by atoms with E-state index >= 15 is 0 Å². The van der Waals surface area contributed by atoms with Gasteiger partial charge in [-0.1, -0.05) is 84.4 Å². The van der Waals surface area contributed by atoms with E-state index in [2.05, 4.69) is 5.32 Å². The third-order valence-electron chi connectivity index (χ3n) is 6.41. The molecule has 0 unspecified atom stereocenters. The number of ketones is 1. The van der Waals surface area contributed by atoms with Crippen LogP contribution in [0, 0.1) is 0 Å². The van der Waals surface area contributed by atoms with Gasteiger partial charge in [0.1, 0.15) is 11.5 Å². The number of nitrogens with zero attached hydrogens (tertiary/aromatic N) is 1. The standard InChI is InChI=1S/C33H21ClN2O3/c34-26-15-7-4-13-23(26)30-18-19-31(39-30)29-20-25(22-12-5-8-16-27(22)35-29)33(38)36-28-17-9-6-14-24(28)32(37)21-10-2-1-3-11-21/h1-20H,(H,36,38). The maximum absolute atomic E-state index is 13.7. The van der Waals surface area contributed by atoms with E-state index < -0.39 is 0 Å². The summed E-state index contributed by atoms with van der Waals surface area (Å²) in [5.41, 5.74) is 3.71. The number of anilines is 1. The second kappa shape index (κ2) is 10.4. The molecule has 0 bridgehead atoms. The Hall–Kier alpha value is -5.00. The van der Waals surface area contributed by atoms with Crippen molar-refractivity contribution < 1.29 is 14.0 Å². The quantitative estimate of drug-likeness (QED) is 0.221. The zero-order valence-electron chi connectivity index (χ0n) is 20.6. The second-order valence-electron chi connectivity index (χ2n) is 8.91. The number of amides is 1. The largest absolute Gasteiger partial charge is 0.454 e. The van der Waals surface area contributed by atoms with Crippen molar-refractivity contribution in [2.75, 3.05) is 5.32 Å². The zero-order valence-corrected chi connectivity index (χ0v) is 21.4. The predicted molar refractivity (Wildman–Crippen MR) is 154 cm³/mol. The summed E-state index contributed by atoms with van der Waals surface area (Å²) in [6.07, 6.45) is 0. The lowest BCUT2D eigenvalue weighted by Crippen LogP contribution is -2.16. The summed E-state index contributed by atoms with van der Waals surface area (Å²) in [7, 11) is 0. The summed E-state index contributed by atoms with van der Waals surface area (Å²) in [5.74, 6) is 0.574. The van der Waals surface area contributed by atoms with Gasteiger partial charge in [-0.2, -0.15) is 0 Å². The van der Waals surface area contributed by atoms with Crippen molar-refractivity contribution in [1.82, 2.24) is 4.98 Å². The van der Waals surface area contributed by atoms with Crippen LogP contribution in [0.5, 0.6) is 0 Å². The highest BCUT2D eigenvalue weighted by atomic mass is 35.5. The van der Waals surface area contributed by atoms with E-state index in [4.69, 9.17) is 21.0 Å². The van der Waals surface area contributed by atoms with Gasteiger partial charge < -0.3 is 9.73 Å². The van der Waals surface area contributed by atoms with E-state index in [1.165, 1.54) is 0 Å². The highest BCUT2D eigenvalue weighted by molar-refractivity contribution is 6.33. The van der Waals surface area contributed by atoms with E-state index in [1.54, 1.807) is 48.5 Å². The van der Waals surface area contributed by atoms with Crippen molar-refractivity contribution in [3.8, 4) is 22.8 Å². The Bertz CT molecular complexity index is 1840. The minimum absolute atomic E-state index is 0.172. The van der Waals surface area contributed by atoms with Crippen molar-refractivity contribution in [1.29, 1.82) is 0 Å². The second-order valence-corrected chi connectivity index (χ2v) is 9.32. The van der Waals surface area contributed by atoms with Gasteiger partial charge in [0.05, 0.1) is 21.8 Å². The number of pyridine rings is 1. The molecular formula is C33H21ClN2O3. The first-order valence-electron chi connectivity index (χ1n) is 12.3. The molecule has 2 aromatic heterocycles. The lowest BCUT2D eigenvalue weighted by molar-refractivity contribution is 0.102. The normalized spacial score (nSPS) is 10.9. The SMILES string of the molecule is O=C(c1ccccc1)c1ccccc1NC(=O)c1cc(-c2ccc(-c3ccccc3Cl)o2)nc2ccccc12. The minimum atomic E-state index is -0.360. The van der Waals surface area contributed by atoms with Crippen molar-refractivity contribution >= 4 is 39.9 Å². The van der Waals surface area contributed by atoms with E-state index in [9.17, 15) is 9.59 Å². The Morgan fingerprint density at radius 1 is 0.692 bits per heavy atom. The Kier molecular flexibility index (Phi) is 6.49. The average Bonchev–Trinajstić information content (AvgIpc) is 3.47. The molecule has 4 aromatic carbocycles. The molecule has 1 N–H and O–H groups in total. The van der Waals surface area contributed by atoms with Crippen LogP contribution in [0.25, 0.3) is 33.7 Å². The van der Waals surface area contributed by atoms with Crippen molar-refractivity contribution in [3.05, 3.63) is 143 Å². The van der Waals surface area contributed by atoms with Gasteiger partial charge in [-0.05, 0) is 48.5 Å². The molecule has 6 rings (SSSR count). The molecule has 0 spiro atoms. The van der Waals surface area contributed by atoms with Crippen LogP contribution in [0.3, 0.4) is 0 Å². The number of fused-ring (bicyclic) bond motifs is 1. The number of aromatic nitrogens is 1. The van der Waals surface area contributed by atoms with Crippen LogP contribution in [0.1, 0.15) is 26.3 Å². The first-order valence-corrected chi connectivity index (χ1v) is 12.7. The molecule has 0 atom stereocenters. The van der Waals surface area contributed by atoms with E-state index in [1.807, 2.05) is 72.8 Å². The summed E-state index contributed by atoms with van der Waals surface area (Å²) in [4.78, 5) is 31.6. The van der Waals surface area contributed by atoms with Crippen LogP contribution in [-0.4, -0.2) is 16.7 Å². The van der Waals surface area contributed by atoms with Crippen LogP contribution >= 0.6 is 11.6 Å². The smallest absolute Gasteiger partial charge is 0.256 e. The number of halogens is 1. The molecular weight excluding hydrogens is 508 g/mol. The molecule has 0 saturated heterocycles. The van der Waals surface area contributed by atoms with Gasteiger partial charge in [0, 0.05) is 22.1 Å². The maximum atomic E-state index is 13.7. The number of nitrogens with one attached hydrogen (secondary N) is 1. The Labute approximate surface area is 229 Å². The summed E-state index contributed by atoms with van der Waals surface area (Å²) < 4.78 is 6.11. The topological polar surface area (TPSA) is 72.2 Å². The summed E-state index contributed by atoms with van der Waals surface area (Å²) >= 11 is 6.36. The molecule has 0 saturated carbocycles. The van der Waals surface area contributed by atoms with Gasteiger partial charge in [-0.15, -0.1) is 0 Å². The lowest BCUT2D eigenvalue weighted by atomic mass is 10.0. The maximum Gasteiger partial charge on any atom is 0.256 e. The fourth-order valence-electron chi connectivity index (χ4n) is 4.50. The number of carbonyl (C=O) groups is 2. The van der Waals surface area contributed by atoms with Crippen LogP contribution in [-0.2, 0) is 0 Å². The Morgan fingerprint density at radius 2 is 1.38 bits per heavy atom. The van der Waals surface area contributed by atoms with E-state index in [-0.39, 0.29) is 11.7 Å². The number of hydrogen-bond acceptors (Lipinski definition) is 4. The van der Waals surface area contributed by atoms with Crippen molar-refractivity contribution in [2.45, 2.75) is 0 Å².